The number of hydrogen-bond acceptors (Lipinski definition) is 7. The van der Waals surface area contributed by atoms with Gasteiger partial charge in [-0.1, -0.05) is 5.57 Å². The first-order chi connectivity index (χ1) is 19.4. The van der Waals surface area contributed by atoms with Crippen LogP contribution in [0.3, 0.4) is 0 Å². The molecule has 0 amide bonds. The summed E-state index contributed by atoms with van der Waals surface area (Å²) < 4.78 is 34.8. The minimum absolute atomic E-state index is 0.133. The van der Waals surface area contributed by atoms with E-state index in [2.05, 4.69) is 4.98 Å². The number of rotatable bonds is 5. The van der Waals surface area contributed by atoms with Crippen LogP contribution in [0.1, 0.15) is 34.5 Å². The van der Waals surface area contributed by atoms with Gasteiger partial charge >= 0.3 is 0 Å². The zero-order valence-corrected chi connectivity index (χ0v) is 22.9. The minimum atomic E-state index is -1.47. The van der Waals surface area contributed by atoms with Gasteiger partial charge in [-0.3, -0.25) is 9.78 Å². The number of ketones is 1. The molecule has 0 spiro atoms. The molecule has 0 saturated carbocycles. The molecule has 2 aromatic carbocycles. The number of nitrogens with two attached hydrogens (primary N) is 1. The molecule has 2 N–H and O–H groups in total. The van der Waals surface area contributed by atoms with Gasteiger partial charge in [-0.15, -0.1) is 4.31 Å². The number of aromatic nitrogens is 1. The van der Waals surface area contributed by atoms with Crippen molar-refractivity contribution in [3.8, 4) is 5.75 Å². The Hall–Kier alpha value is -3.79. The predicted molar refractivity (Wildman–Crippen MR) is 152 cm³/mol. The molecule has 0 radical (unpaired) electrons. The first-order valence-electron chi connectivity index (χ1n) is 13.2. The number of aliphatic imine (C=N–C) groups is 1. The number of allylic oxidation sites excluding steroid dienone is 2. The van der Waals surface area contributed by atoms with Crippen molar-refractivity contribution in [3.05, 3.63) is 107 Å². The summed E-state index contributed by atoms with van der Waals surface area (Å²) in [4.78, 5) is 24.2. The van der Waals surface area contributed by atoms with Gasteiger partial charge in [-0.05, 0) is 91.7 Å². The molecular weight excluding hydrogens is 527 g/mol. The lowest BCUT2D eigenvalue weighted by Crippen LogP contribution is -2.53. The fourth-order valence-corrected chi connectivity index (χ4v) is 7.01. The fourth-order valence-electron chi connectivity index (χ4n) is 5.69. The quantitative estimate of drug-likeness (QED) is 0.350. The van der Waals surface area contributed by atoms with Crippen LogP contribution >= 0.6 is 0 Å². The number of carbonyl (C=O) groups excluding carboxylic acids is 1. The zero-order valence-electron chi connectivity index (χ0n) is 22.1. The number of carbonyl (C=O) groups is 1. The molecule has 1 saturated heterocycles. The maximum atomic E-state index is 14.3. The van der Waals surface area contributed by atoms with Crippen molar-refractivity contribution < 1.29 is 18.5 Å². The van der Waals surface area contributed by atoms with Gasteiger partial charge in [0.2, 0.25) is 0 Å². The van der Waals surface area contributed by atoms with Gasteiger partial charge in [-0.2, -0.15) is 0 Å². The monoisotopic (exact) mass is 556 g/mol. The van der Waals surface area contributed by atoms with Crippen molar-refractivity contribution in [1.29, 1.82) is 0 Å². The van der Waals surface area contributed by atoms with Crippen molar-refractivity contribution in [3.63, 3.8) is 0 Å². The van der Waals surface area contributed by atoms with Crippen LogP contribution in [0.4, 0.5) is 10.1 Å². The van der Waals surface area contributed by atoms with Gasteiger partial charge in [0.05, 0.1) is 41.3 Å². The van der Waals surface area contributed by atoms with Crippen LogP contribution in [0.2, 0.25) is 0 Å². The topological polar surface area (TPSA) is 104 Å². The molecular formula is C31H29FN4O3S. The molecule has 2 aliphatic heterocycles. The second-order valence-corrected chi connectivity index (χ2v) is 11.9. The lowest BCUT2D eigenvalue weighted by molar-refractivity contribution is 0.0770. The highest BCUT2D eigenvalue weighted by Gasteiger charge is 2.52. The van der Waals surface area contributed by atoms with E-state index in [-0.39, 0.29) is 24.6 Å². The third-order valence-electron chi connectivity index (χ3n) is 7.78. The number of aryl methyl sites for hydroxylation is 1. The number of piperidine rings is 1. The SMILES string of the molecule is Cc1ccnc(C(=O)C23CC(=CN)C(=Nc4ccc(F)cc4)C=C2CCN([S+]([O-])c2ccc4c(c2)CCO4)C3)c1. The Morgan fingerprint density at radius 3 is 2.80 bits per heavy atom. The number of hydrogen-bond donors (Lipinski definition) is 1. The molecule has 40 heavy (non-hydrogen) atoms. The van der Waals surface area contributed by atoms with Gasteiger partial charge in [0.15, 0.2) is 10.7 Å². The summed E-state index contributed by atoms with van der Waals surface area (Å²) in [5, 5.41) is 0. The van der Waals surface area contributed by atoms with Crippen LogP contribution in [0.5, 0.6) is 5.75 Å². The maximum Gasteiger partial charge on any atom is 0.193 e. The van der Waals surface area contributed by atoms with Crippen LogP contribution < -0.4 is 10.5 Å². The van der Waals surface area contributed by atoms with Gasteiger partial charge in [-0.25, -0.2) is 9.38 Å². The van der Waals surface area contributed by atoms with Crippen LogP contribution in [0.15, 0.2) is 94.1 Å². The molecule has 3 aromatic rings. The Bertz CT molecular complexity index is 1570. The summed E-state index contributed by atoms with van der Waals surface area (Å²) >= 11 is -1.47. The highest BCUT2D eigenvalue weighted by atomic mass is 32.2. The van der Waals surface area contributed by atoms with E-state index in [9.17, 15) is 13.7 Å². The second-order valence-electron chi connectivity index (χ2n) is 10.4. The first-order valence-corrected chi connectivity index (χ1v) is 14.3. The van der Waals surface area contributed by atoms with Crippen LogP contribution in [-0.4, -0.2) is 45.0 Å². The highest BCUT2D eigenvalue weighted by Crippen LogP contribution is 2.47. The summed E-state index contributed by atoms with van der Waals surface area (Å²) in [6.07, 6.45) is 6.64. The van der Waals surface area contributed by atoms with Crippen molar-refractivity contribution >= 4 is 28.5 Å². The molecule has 7 nitrogen and oxygen atoms in total. The van der Waals surface area contributed by atoms with Gasteiger partial charge in [0, 0.05) is 30.8 Å². The van der Waals surface area contributed by atoms with E-state index in [0.717, 1.165) is 28.9 Å². The predicted octanol–water partition coefficient (Wildman–Crippen LogP) is 5.01. The van der Waals surface area contributed by atoms with Gasteiger partial charge in [0.25, 0.3) is 0 Å². The number of pyridine rings is 1. The lowest BCUT2D eigenvalue weighted by Gasteiger charge is -2.45. The highest BCUT2D eigenvalue weighted by molar-refractivity contribution is 7.89. The minimum Gasteiger partial charge on any atom is -0.593 e. The zero-order chi connectivity index (χ0) is 27.9. The summed E-state index contributed by atoms with van der Waals surface area (Å²) in [5.74, 6) is 0.360. The molecule has 6 rings (SSSR count). The maximum absolute atomic E-state index is 14.3. The number of halogens is 1. The average molecular weight is 557 g/mol. The Morgan fingerprint density at radius 1 is 1.20 bits per heavy atom. The van der Waals surface area contributed by atoms with Gasteiger partial charge < -0.3 is 15.0 Å². The largest absolute Gasteiger partial charge is 0.593 e. The standard InChI is InChI=1S/C31H29FN4O3S/c1-20-8-11-34-28(14-20)30(37)31-17-22(18-33)27(35-25-4-2-24(32)3-5-25)16-23(31)9-12-36(19-31)40(38)26-6-7-29-21(15-26)10-13-39-29/h2-8,11,14-16,18H,9-10,12-13,17,19,33H2,1H3. The molecule has 1 aliphatic carbocycles. The summed E-state index contributed by atoms with van der Waals surface area (Å²) in [6, 6.07) is 15.2. The molecule has 3 aliphatic rings. The number of benzene rings is 2. The normalized spacial score (nSPS) is 23.3. The number of ether oxygens (including phenoxy) is 1. The lowest BCUT2D eigenvalue weighted by atomic mass is 9.64. The summed E-state index contributed by atoms with van der Waals surface area (Å²) in [5.41, 5.74) is 10.3. The van der Waals surface area contributed by atoms with E-state index >= 15 is 0 Å². The second kappa shape index (κ2) is 10.6. The van der Waals surface area contributed by atoms with E-state index in [1.807, 2.05) is 41.6 Å². The average Bonchev–Trinajstić information content (AvgIpc) is 3.45. The Morgan fingerprint density at radius 2 is 2.02 bits per heavy atom. The van der Waals surface area contributed by atoms with E-state index in [1.165, 1.54) is 18.3 Å². The van der Waals surface area contributed by atoms with Crippen molar-refractivity contribution in [1.82, 2.24) is 9.29 Å². The number of Topliss-reactive ketones (excluding diaryl/α,β-unsaturated/α-hetero) is 1. The molecule has 9 heteroatoms. The molecule has 0 bridgehead atoms. The molecule has 204 valence electrons. The fraction of sp³-hybridized carbons (Fsp3) is 0.258. The van der Waals surface area contributed by atoms with E-state index < -0.39 is 16.8 Å². The number of nitrogens with zero attached hydrogens (tertiary/aromatic N) is 3. The summed E-state index contributed by atoms with van der Waals surface area (Å²) in [6.45, 7) is 3.30. The van der Waals surface area contributed by atoms with E-state index in [1.54, 1.807) is 24.4 Å². The van der Waals surface area contributed by atoms with Crippen LogP contribution in [-0.2, 0) is 17.8 Å². The van der Waals surface area contributed by atoms with Crippen molar-refractivity contribution in [2.24, 2.45) is 16.1 Å². The molecule has 2 unspecified atom stereocenters. The van der Waals surface area contributed by atoms with Crippen molar-refractivity contribution in [2.45, 2.75) is 31.1 Å². The Labute approximate surface area is 235 Å². The third kappa shape index (κ3) is 4.85. The molecule has 2 atom stereocenters. The van der Waals surface area contributed by atoms with Crippen molar-refractivity contribution in [2.75, 3.05) is 19.7 Å². The first kappa shape index (κ1) is 26.4. The Balaban J connectivity index is 1.41. The Kier molecular flexibility index (Phi) is 7.04. The summed E-state index contributed by atoms with van der Waals surface area (Å²) in [7, 11) is 0. The van der Waals surface area contributed by atoms with Gasteiger partial charge in [0.1, 0.15) is 17.3 Å². The number of fused-ring (bicyclic) bond motifs is 2. The molecule has 1 fully saturated rings. The van der Waals surface area contributed by atoms with E-state index in [0.29, 0.717) is 47.1 Å². The molecule has 3 heterocycles. The van der Waals surface area contributed by atoms with Crippen LogP contribution in [0, 0.1) is 18.2 Å². The van der Waals surface area contributed by atoms with Crippen LogP contribution in [0.25, 0.3) is 0 Å². The smallest absolute Gasteiger partial charge is 0.193 e. The third-order valence-corrected chi connectivity index (χ3v) is 9.22. The molecule has 1 aromatic heterocycles. The van der Waals surface area contributed by atoms with E-state index in [4.69, 9.17) is 15.5 Å².